The molecular weight excluding hydrogens is 426 g/mol. The van der Waals surface area contributed by atoms with Gasteiger partial charge in [0.2, 0.25) is 0 Å². The maximum absolute atomic E-state index is 13.2. The Labute approximate surface area is 189 Å². The van der Waals surface area contributed by atoms with Gasteiger partial charge in [-0.15, -0.1) is 0 Å². The first kappa shape index (κ1) is 21.3. The molecule has 0 aliphatic heterocycles. The van der Waals surface area contributed by atoms with Gasteiger partial charge >= 0.3 is 0 Å². The second-order valence-electron chi connectivity index (χ2n) is 7.12. The Morgan fingerprint density at radius 2 is 1.75 bits per heavy atom. The number of aryl methyl sites for hydroxylation is 1. The molecule has 0 saturated carbocycles. The molecule has 2 amide bonds. The van der Waals surface area contributed by atoms with Crippen LogP contribution >= 0.6 is 11.6 Å². The molecule has 160 valence electrons. The van der Waals surface area contributed by atoms with Crippen molar-refractivity contribution in [3.05, 3.63) is 88.7 Å². The molecule has 0 aliphatic carbocycles. The molecule has 7 nitrogen and oxygen atoms in total. The van der Waals surface area contributed by atoms with Gasteiger partial charge in [0.25, 0.3) is 11.8 Å². The Kier molecular flexibility index (Phi) is 6.00. The number of rotatable bonds is 5. The van der Waals surface area contributed by atoms with Crippen molar-refractivity contribution in [1.82, 2.24) is 15.3 Å². The average Bonchev–Trinajstić information content (AvgIpc) is 2.80. The molecule has 0 fully saturated rings. The van der Waals surface area contributed by atoms with Crippen LogP contribution in [0, 0.1) is 6.92 Å². The van der Waals surface area contributed by atoms with Gasteiger partial charge < -0.3 is 16.0 Å². The number of hydrogen-bond acceptors (Lipinski definition) is 5. The molecular formula is C24H20ClN5O2. The maximum Gasteiger partial charge on any atom is 0.258 e. The van der Waals surface area contributed by atoms with Crippen LogP contribution < -0.4 is 16.0 Å². The Hall–Kier alpha value is -3.97. The summed E-state index contributed by atoms with van der Waals surface area (Å²) in [7, 11) is 1.53. The van der Waals surface area contributed by atoms with Crippen molar-refractivity contribution in [2.45, 2.75) is 6.92 Å². The van der Waals surface area contributed by atoms with Gasteiger partial charge in [-0.25, -0.2) is 4.98 Å². The summed E-state index contributed by atoms with van der Waals surface area (Å²) in [5.74, 6) is -0.329. The van der Waals surface area contributed by atoms with E-state index in [1.165, 1.54) is 13.2 Å². The van der Waals surface area contributed by atoms with Gasteiger partial charge in [0.1, 0.15) is 0 Å². The van der Waals surface area contributed by atoms with Gasteiger partial charge in [0, 0.05) is 35.5 Å². The molecule has 0 aliphatic rings. The molecule has 0 saturated heterocycles. The van der Waals surface area contributed by atoms with Crippen molar-refractivity contribution in [2.75, 3.05) is 17.7 Å². The van der Waals surface area contributed by atoms with Gasteiger partial charge in [-0.1, -0.05) is 35.9 Å². The molecule has 4 rings (SSSR count). The molecule has 0 radical (unpaired) electrons. The Morgan fingerprint density at radius 3 is 2.53 bits per heavy atom. The number of carbonyl (C=O) groups is 2. The fourth-order valence-corrected chi connectivity index (χ4v) is 3.51. The molecule has 4 aromatic rings. The lowest BCUT2D eigenvalue weighted by molar-refractivity contribution is 0.0961. The van der Waals surface area contributed by atoms with Gasteiger partial charge in [-0.3, -0.25) is 14.6 Å². The number of nitrogens with one attached hydrogen (secondary N) is 3. The lowest BCUT2D eigenvalue weighted by Gasteiger charge is -2.15. The minimum Gasteiger partial charge on any atom is -0.355 e. The number of aromatic nitrogens is 2. The van der Waals surface area contributed by atoms with Gasteiger partial charge in [0.05, 0.1) is 22.3 Å². The third-order valence-corrected chi connectivity index (χ3v) is 5.16. The number of nitrogens with zero attached hydrogens (tertiary/aromatic N) is 2. The number of carbonyl (C=O) groups excluding carboxylic acids is 2. The van der Waals surface area contributed by atoms with Crippen molar-refractivity contribution in [2.24, 2.45) is 0 Å². The normalized spacial score (nSPS) is 10.6. The van der Waals surface area contributed by atoms with E-state index in [4.69, 9.17) is 11.6 Å². The van der Waals surface area contributed by atoms with Crippen LogP contribution in [0.5, 0.6) is 0 Å². The molecule has 0 bridgehead atoms. The largest absolute Gasteiger partial charge is 0.355 e. The van der Waals surface area contributed by atoms with Gasteiger partial charge in [-0.05, 0) is 42.8 Å². The highest BCUT2D eigenvalue weighted by Crippen LogP contribution is 2.28. The summed E-state index contributed by atoms with van der Waals surface area (Å²) in [5, 5.41) is 9.83. The van der Waals surface area contributed by atoms with E-state index in [2.05, 4.69) is 25.9 Å². The first-order valence-corrected chi connectivity index (χ1v) is 10.2. The average molecular weight is 446 g/mol. The summed E-state index contributed by atoms with van der Waals surface area (Å²) in [5.41, 5.74) is 3.35. The predicted molar refractivity (Wildman–Crippen MR) is 127 cm³/mol. The molecule has 2 aromatic heterocycles. The zero-order valence-electron chi connectivity index (χ0n) is 17.4. The van der Waals surface area contributed by atoms with E-state index in [1.54, 1.807) is 30.5 Å². The van der Waals surface area contributed by atoms with Crippen molar-refractivity contribution in [3.8, 4) is 0 Å². The van der Waals surface area contributed by atoms with Crippen LogP contribution in [0.3, 0.4) is 0 Å². The van der Waals surface area contributed by atoms with Crippen LogP contribution in [0.2, 0.25) is 5.02 Å². The Morgan fingerprint density at radius 1 is 0.938 bits per heavy atom. The summed E-state index contributed by atoms with van der Waals surface area (Å²) >= 11 is 6.23. The van der Waals surface area contributed by atoms with E-state index in [9.17, 15) is 9.59 Å². The summed E-state index contributed by atoms with van der Waals surface area (Å²) in [6, 6.07) is 16.2. The lowest BCUT2D eigenvalue weighted by atomic mass is 10.1. The fraction of sp³-hybridized carbons (Fsp3) is 0.0833. The molecule has 2 aromatic carbocycles. The van der Waals surface area contributed by atoms with Crippen molar-refractivity contribution < 1.29 is 9.59 Å². The summed E-state index contributed by atoms with van der Waals surface area (Å²) in [6.07, 6.45) is 3.07. The molecule has 0 unspecified atom stereocenters. The van der Waals surface area contributed by atoms with Crippen molar-refractivity contribution in [3.63, 3.8) is 0 Å². The topological polar surface area (TPSA) is 96.0 Å². The van der Waals surface area contributed by atoms with Crippen molar-refractivity contribution >= 4 is 51.5 Å². The highest BCUT2D eigenvalue weighted by atomic mass is 35.5. The third kappa shape index (κ3) is 4.38. The van der Waals surface area contributed by atoms with E-state index < -0.39 is 5.91 Å². The van der Waals surface area contributed by atoms with E-state index in [1.807, 2.05) is 37.3 Å². The van der Waals surface area contributed by atoms with E-state index in [0.29, 0.717) is 33.2 Å². The number of benzene rings is 2. The second kappa shape index (κ2) is 9.03. The number of amides is 2. The molecule has 32 heavy (non-hydrogen) atoms. The van der Waals surface area contributed by atoms with Crippen LogP contribution in [0.25, 0.3) is 10.9 Å². The maximum atomic E-state index is 13.2. The zero-order chi connectivity index (χ0) is 22.7. The number of pyridine rings is 2. The van der Waals surface area contributed by atoms with Gasteiger partial charge in [-0.2, -0.15) is 0 Å². The summed E-state index contributed by atoms with van der Waals surface area (Å²) < 4.78 is 0. The summed E-state index contributed by atoms with van der Waals surface area (Å²) in [6.45, 7) is 1.96. The van der Waals surface area contributed by atoms with E-state index in [0.717, 1.165) is 16.6 Å². The molecule has 8 heteroatoms. The minimum absolute atomic E-state index is 0.312. The van der Waals surface area contributed by atoms with Crippen molar-refractivity contribution in [1.29, 1.82) is 0 Å². The number of para-hydroxylation sites is 1. The van der Waals surface area contributed by atoms with Gasteiger partial charge in [0.15, 0.2) is 5.82 Å². The minimum atomic E-state index is -0.417. The third-order valence-electron chi connectivity index (χ3n) is 4.94. The number of hydrogen-bond donors (Lipinski definition) is 3. The first-order valence-electron chi connectivity index (χ1n) is 9.86. The monoisotopic (exact) mass is 445 g/mol. The number of fused-ring (bicyclic) bond motifs is 1. The quantitative estimate of drug-likeness (QED) is 0.404. The summed E-state index contributed by atoms with van der Waals surface area (Å²) in [4.78, 5) is 34.1. The van der Waals surface area contributed by atoms with Crippen LogP contribution in [0.1, 0.15) is 26.3 Å². The highest BCUT2D eigenvalue weighted by Gasteiger charge is 2.17. The molecule has 2 heterocycles. The lowest BCUT2D eigenvalue weighted by Crippen LogP contribution is -2.20. The van der Waals surface area contributed by atoms with E-state index in [-0.39, 0.29) is 5.91 Å². The molecule has 0 spiro atoms. The first-order chi connectivity index (χ1) is 15.5. The number of anilines is 3. The molecule has 0 atom stereocenters. The standard InChI is InChI=1S/C24H20ClN5O2/c1-14-6-3-4-8-19(14)29-22-20(11-16(13-28-22)23(31)26-2)30-24(32)18-12-17(25)10-15-7-5-9-27-21(15)18/h3-13H,1-2H3,(H,26,31)(H,28,29)(H,30,32). The fourth-order valence-electron chi connectivity index (χ4n) is 3.29. The second-order valence-corrected chi connectivity index (χ2v) is 7.56. The Balaban J connectivity index is 1.75. The van der Waals surface area contributed by atoms with Crippen LogP contribution in [0.4, 0.5) is 17.2 Å². The highest BCUT2D eigenvalue weighted by molar-refractivity contribution is 6.32. The van der Waals surface area contributed by atoms with Crippen LogP contribution in [-0.2, 0) is 0 Å². The Bertz CT molecular complexity index is 1340. The number of halogens is 1. The van der Waals surface area contributed by atoms with Crippen LogP contribution in [-0.4, -0.2) is 28.8 Å². The smallest absolute Gasteiger partial charge is 0.258 e. The van der Waals surface area contributed by atoms with E-state index >= 15 is 0 Å². The van der Waals surface area contributed by atoms with Crippen LogP contribution in [0.15, 0.2) is 67.0 Å². The SMILES string of the molecule is CNC(=O)c1cnc(Nc2ccccc2C)c(NC(=O)c2cc(Cl)cc3cccnc23)c1. The zero-order valence-corrected chi connectivity index (χ0v) is 18.2. The molecule has 3 N–H and O–H groups in total. The predicted octanol–water partition coefficient (Wildman–Crippen LogP) is 4.95.